The van der Waals surface area contributed by atoms with Crippen LogP contribution < -0.4 is 36.6 Å². The second-order valence-electron chi connectivity index (χ2n) is 19.5. The lowest BCUT2D eigenvalue weighted by atomic mass is 9.95. The molecule has 5 heterocycles. The highest BCUT2D eigenvalue weighted by Gasteiger charge is 2.54. The van der Waals surface area contributed by atoms with Crippen molar-refractivity contribution in [3.05, 3.63) is 54.1 Å². The van der Waals surface area contributed by atoms with Gasteiger partial charge in [0.2, 0.25) is 11.8 Å². The van der Waals surface area contributed by atoms with Gasteiger partial charge in [-0.2, -0.15) is 11.8 Å². The van der Waals surface area contributed by atoms with E-state index in [9.17, 15) is 69.9 Å². The molecule has 6 amide bonds. The first kappa shape index (κ1) is 60.8. The number of benzene rings is 2. The molecule has 5 aliphatic heterocycles. The summed E-state index contributed by atoms with van der Waals surface area (Å²) >= 11 is 1.85. The molecule has 5 fully saturated rings. The van der Waals surface area contributed by atoms with Crippen molar-refractivity contribution in [2.24, 2.45) is 0 Å². The molecule has 27 nitrogen and oxygen atoms in total. The number of nitrogens with one attached hydrogen (secondary N) is 6. The van der Waals surface area contributed by atoms with Crippen LogP contribution in [0.2, 0.25) is 0 Å². The van der Waals surface area contributed by atoms with Gasteiger partial charge in [0, 0.05) is 49.5 Å². The number of ether oxygens (including phenoxy) is 7. The van der Waals surface area contributed by atoms with Gasteiger partial charge in [0.25, 0.3) is 11.8 Å². The van der Waals surface area contributed by atoms with E-state index in [1.165, 1.54) is 0 Å². The number of hydrogen-bond acceptors (Lipinski definition) is 22. The lowest BCUT2D eigenvalue weighted by Gasteiger charge is -2.48. The minimum Gasteiger partial charge on any atom is -0.484 e. The highest BCUT2D eigenvalue weighted by molar-refractivity contribution is 8.00. The Hall–Kier alpha value is -4.86. The molecule has 2 aromatic carbocycles. The summed E-state index contributed by atoms with van der Waals surface area (Å²) in [5.41, 5.74) is 1.99. The average molecular weight is 1130 g/mol. The van der Waals surface area contributed by atoms with Crippen molar-refractivity contribution in [3.63, 3.8) is 0 Å². The highest BCUT2D eigenvalue weighted by Crippen LogP contribution is 2.35. The van der Waals surface area contributed by atoms with Crippen LogP contribution in [0, 0.1) is 0 Å². The third-order valence-electron chi connectivity index (χ3n) is 13.9. The molecule has 0 aliphatic carbocycles. The number of carbonyl (C=O) groups excluding carboxylic acids is 5. The Morgan fingerprint density at radius 1 is 0.679 bits per heavy atom. The number of fused-ring (bicyclic) bond motifs is 1. The molecule has 0 saturated carbocycles. The van der Waals surface area contributed by atoms with Crippen LogP contribution >= 0.6 is 11.8 Å². The lowest BCUT2D eigenvalue weighted by molar-refractivity contribution is -0.376. The van der Waals surface area contributed by atoms with E-state index in [4.69, 9.17) is 33.2 Å². The molecular weight excluding hydrogens is 1050 g/mol. The standard InChI is InChI=1S/C50H72N6O21S/c1-24(60)54-37-40(65)44(76-49-43(68)45(39(64)31(20-58)74-49)77-48-42(67)41(66)38(63)30(19-57)73-48)32(21-59)75-47(37)71-17-5-14-51-35(62)22-72-28-12-10-25(11-13-28)26-6-4-7-27(18-26)46(69)53-16-15-52-34(61)9-3-2-8-33-36-29(23-78-33)55-50(70)56-36/h4,6-7,10-13,18,29-33,36-45,47-49,57-59,63-68H,2-3,5,8-9,14-17,19-23H2,1H3,(H,51,62)(H,52,61)(H,53,69)(H,54,60)(H2,55,56,70)/t29-,30+,31+,32+,33-,36-,37+,38-,39-,40+,41-,42+,43+,44+,45-,47+,48+,49-/m0/s1. The Kier molecular flexibility index (Phi) is 22.6. The summed E-state index contributed by atoms with van der Waals surface area (Å²) in [6, 6.07) is 12.8. The Morgan fingerprint density at radius 3 is 2.06 bits per heavy atom. The lowest BCUT2D eigenvalue weighted by Crippen LogP contribution is -2.68. The third kappa shape index (κ3) is 15.7. The van der Waals surface area contributed by atoms with Crippen molar-refractivity contribution in [2.75, 3.05) is 58.4 Å². The van der Waals surface area contributed by atoms with Gasteiger partial charge in [-0.3, -0.25) is 19.2 Å². The van der Waals surface area contributed by atoms with E-state index < -0.39 is 124 Å². The number of amides is 6. The Morgan fingerprint density at radius 2 is 1.35 bits per heavy atom. The van der Waals surface area contributed by atoms with Gasteiger partial charge in [-0.1, -0.05) is 30.7 Å². The molecule has 7 rings (SSSR count). The van der Waals surface area contributed by atoms with E-state index in [-0.39, 0.29) is 69.2 Å². The Bertz CT molecular complexity index is 2290. The summed E-state index contributed by atoms with van der Waals surface area (Å²) in [5.74, 6) is -0.148. The third-order valence-corrected chi connectivity index (χ3v) is 15.4. The summed E-state index contributed by atoms with van der Waals surface area (Å²) in [6.45, 7) is -1.05. The maximum atomic E-state index is 12.9. The van der Waals surface area contributed by atoms with Gasteiger partial charge in [0.15, 0.2) is 25.5 Å². The van der Waals surface area contributed by atoms with Gasteiger partial charge < -0.3 is 111 Å². The number of carbonyl (C=O) groups is 5. The second-order valence-corrected chi connectivity index (χ2v) is 20.8. The van der Waals surface area contributed by atoms with Gasteiger partial charge in [-0.15, -0.1) is 0 Å². The van der Waals surface area contributed by atoms with E-state index in [0.29, 0.717) is 23.0 Å². The van der Waals surface area contributed by atoms with Crippen molar-refractivity contribution in [1.82, 2.24) is 31.9 Å². The molecule has 0 radical (unpaired) electrons. The molecule has 434 valence electrons. The van der Waals surface area contributed by atoms with E-state index in [1.54, 1.807) is 42.5 Å². The minimum absolute atomic E-state index is 0.0803. The summed E-state index contributed by atoms with van der Waals surface area (Å²) in [4.78, 5) is 61.9. The monoisotopic (exact) mass is 1120 g/mol. The van der Waals surface area contributed by atoms with Gasteiger partial charge in [-0.05, 0) is 54.7 Å². The van der Waals surface area contributed by atoms with Crippen LogP contribution in [0.4, 0.5) is 4.79 Å². The molecule has 15 N–H and O–H groups in total. The predicted molar refractivity (Wildman–Crippen MR) is 271 cm³/mol. The highest BCUT2D eigenvalue weighted by atomic mass is 32.2. The van der Waals surface area contributed by atoms with E-state index in [2.05, 4.69) is 31.9 Å². The van der Waals surface area contributed by atoms with Gasteiger partial charge in [-0.25, -0.2) is 4.79 Å². The predicted octanol–water partition coefficient (Wildman–Crippen LogP) is -4.58. The summed E-state index contributed by atoms with van der Waals surface area (Å²) in [7, 11) is 0. The number of thioether (sulfide) groups is 1. The van der Waals surface area contributed by atoms with E-state index in [0.717, 1.165) is 43.1 Å². The molecule has 2 aromatic rings. The fourth-order valence-corrected chi connectivity index (χ4v) is 11.3. The van der Waals surface area contributed by atoms with Crippen molar-refractivity contribution in [1.29, 1.82) is 0 Å². The molecule has 0 unspecified atom stereocenters. The zero-order valence-corrected chi connectivity index (χ0v) is 43.6. The summed E-state index contributed by atoms with van der Waals surface area (Å²) < 4.78 is 39.9. The molecule has 5 saturated heterocycles. The number of urea groups is 1. The zero-order chi connectivity index (χ0) is 56.0. The maximum absolute atomic E-state index is 12.9. The van der Waals surface area contributed by atoms with Gasteiger partial charge in [0.05, 0.1) is 38.5 Å². The normalized spacial score (nSPS) is 33.5. The molecule has 0 bridgehead atoms. The smallest absolute Gasteiger partial charge is 0.315 e. The van der Waals surface area contributed by atoms with Crippen LogP contribution in [0.3, 0.4) is 0 Å². The van der Waals surface area contributed by atoms with Crippen molar-refractivity contribution >= 4 is 41.4 Å². The van der Waals surface area contributed by atoms with Crippen LogP contribution in [-0.4, -0.2) is 243 Å². The molecular formula is C50H72N6O21S. The number of unbranched alkanes of at least 4 members (excludes halogenated alkanes) is 1. The van der Waals surface area contributed by atoms with Gasteiger partial charge in [0.1, 0.15) is 78.9 Å². The molecule has 18 atom stereocenters. The summed E-state index contributed by atoms with van der Waals surface area (Å²) in [5, 5.41) is 112. The maximum Gasteiger partial charge on any atom is 0.315 e. The largest absolute Gasteiger partial charge is 0.484 e. The summed E-state index contributed by atoms with van der Waals surface area (Å²) in [6.07, 6.45) is -20.6. The van der Waals surface area contributed by atoms with E-state index in [1.807, 2.05) is 17.8 Å². The fraction of sp³-hybridized carbons (Fsp3) is 0.660. The molecule has 0 aromatic heterocycles. The second kappa shape index (κ2) is 29.0. The average Bonchev–Trinajstić information content (AvgIpc) is 4.01. The number of aliphatic hydroxyl groups excluding tert-OH is 9. The Labute approximate surface area is 452 Å². The van der Waals surface area contributed by atoms with Crippen molar-refractivity contribution in [3.8, 4) is 16.9 Å². The molecule has 28 heteroatoms. The van der Waals surface area contributed by atoms with Crippen LogP contribution in [0.1, 0.15) is 49.4 Å². The molecule has 5 aliphatic rings. The van der Waals surface area contributed by atoms with Crippen LogP contribution in [0.25, 0.3) is 11.1 Å². The minimum atomic E-state index is -1.98. The first-order valence-electron chi connectivity index (χ1n) is 25.9. The first-order chi connectivity index (χ1) is 37.5. The number of rotatable bonds is 26. The van der Waals surface area contributed by atoms with E-state index >= 15 is 0 Å². The quantitative estimate of drug-likeness (QED) is 0.0311. The SMILES string of the molecule is CC(=O)N[C@H]1[C@H](OCCCNC(=O)COc2ccc(-c3cccc(C(=O)NCCNC(=O)CCCC[C@@H]4SC[C@@H]5NC(=O)N[C@@H]54)c3)cc2)O[C@H](CO)[C@@H](O[C@@H]2O[C@H](CO)[C@H](O)[C@H](O[C@H]3O[C@H](CO)[C@H](O)[C@H](O)[C@H]3O)[C@H]2O)[C@@H]1O. The molecule has 78 heavy (non-hydrogen) atoms. The van der Waals surface area contributed by atoms with Crippen LogP contribution in [0.5, 0.6) is 5.75 Å². The number of aliphatic hydroxyl groups is 9. The van der Waals surface area contributed by atoms with Crippen LogP contribution in [0.15, 0.2) is 48.5 Å². The Balaban J connectivity index is 0.801. The molecule has 0 spiro atoms. The van der Waals surface area contributed by atoms with Crippen molar-refractivity contribution < 1.29 is 103 Å². The zero-order valence-electron chi connectivity index (χ0n) is 42.7. The number of hydrogen-bond donors (Lipinski definition) is 15. The first-order valence-corrected chi connectivity index (χ1v) is 27.0. The van der Waals surface area contributed by atoms with Gasteiger partial charge >= 0.3 is 6.03 Å². The van der Waals surface area contributed by atoms with Crippen molar-refractivity contribution in [2.45, 2.75) is 148 Å². The fourth-order valence-electron chi connectivity index (χ4n) is 9.71. The van der Waals surface area contributed by atoms with Crippen LogP contribution in [-0.2, 0) is 42.8 Å². The topological polar surface area (TPSA) is 404 Å².